The lowest BCUT2D eigenvalue weighted by Crippen LogP contribution is -2.46. The van der Waals surface area contributed by atoms with E-state index in [0.717, 1.165) is 10.0 Å². The van der Waals surface area contributed by atoms with Crippen molar-refractivity contribution in [2.75, 3.05) is 0 Å². The standard InChI is InChI=1S/C13H17BrN2OS/c1-7(2)11(12(15)18)16-13(17)9-5-4-8(3)10(14)6-9/h4-7,11H,1-3H3,(H2,15,18)(H,16,17). The van der Waals surface area contributed by atoms with Crippen LogP contribution in [-0.4, -0.2) is 16.9 Å². The van der Waals surface area contributed by atoms with Crippen LogP contribution in [0.25, 0.3) is 0 Å². The number of carbonyl (C=O) groups is 1. The van der Waals surface area contributed by atoms with E-state index in [1.54, 1.807) is 12.1 Å². The Kier molecular flexibility index (Phi) is 5.28. The van der Waals surface area contributed by atoms with E-state index in [4.69, 9.17) is 18.0 Å². The van der Waals surface area contributed by atoms with Gasteiger partial charge in [-0.2, -0.15) is 0 Å². The van der Waals surface area contributed by atoms with Crippen LogP contribution in [0.1, 0.15) is 29.8 Å². The Morgan fingerprint density at radius 3 is 2.50 bits per heavy atom. The molecule has 1 aromatic carbocycles. The van der Waals surface area contributed by atoms with Gasteiger partial charge in [-0.1, -0.05) is 48.1 Å². The molecule has 0 fully saturated rings. The third-order valence-corrected chi connectivity index (χ3v) is 3.80. The number of hydrogen-bond acceptors (Lipinski definition) is 2. The largest absolute Gasteiger partial charge is 0.392 e. The maximum Gasteiger partial charge on any atom is 0.251 e. The molecule has 0 aliphatic carbocycles. The molecule has 18 heavy (non-hydrogen) atoms. The Labute approximate surface area is 121 Å². The normalized spacial score (nSPS) is 12.3. The molecule has 0 saturated carbocycles. The monoisotopic (exact) mass is 328 g/mol. The highest BCUT2D eigenvalue weighted by Crippen LogP contribution is 2.17. The zero-order valence-corrected chi connectivity index (χ0v) is 13.1. The summed E-state index contributed by atoms with van der Waals surface area (Å²) >= 11 is 8.37. The maximum atomic E-state index is 12.1. The number of nitrogens with two attached hydrogens (primary N) is 1. The quantitative estimate of drug-likeness (QED) is 0.835. The Bertz CT molecular complexity index is 474. The van der Waals surface area contributed by atoms with Gasteiger partial charge < -0.3 is 11.1 Å². The van der Waals surface area contributed by atoms with Crippen molar-refractivity contribution in [1.29, 1.82) is 0 Å². The molecule has 3 N–H and O–H groups in total. The molecule has 0 radical (unpaired) electrons. The van der Waals surface area contributed by atoms with Crippen molar-refractivity contribution in [2.45, 2.75) is 26.8 Å². The Balaban J connectivity index is 2.87. The van der Waals surface area contributed by atoms with Gasteiger partial charge in [-0.15, -0.1) is 0 Å². The molecule has 1 rings (SSSR count). The second kappa shape index (κ2) is 6.29. The number of hydrogen-bond donors (Lipinski definition) is 2. The van der Waals surface area contributed by atoms with Crippen LogP contribution in [0, 0.1) is 12.8 Å². The summed E-state index contributed by atoms with van der Waals surface area (Å²) < 4.78 is 0.909. The summed E-state index contributed by atoms with van der Waals surface area (Å²) in [6.45, 7) is 5.90. The number of halogens is 1. The fourth-order valence-electron chi connectivity index (χ4n) is 1.52. The van der Waals surface area contributed by atoms with Crippen molar-refractivity contribution in [2.24, 2.45) is 11.7 Å². The van der Waals surface area contributed by atoms with Crippen LogP contribution >= 0.6 is 28.1 Å². The number of thiocarbonyl (C=S) groups is 1. The lowest BCUT2D eigenvalue weighted by molar-refractivity contribution is 0.0940. The minimum absolute atomic E-state index is 0.165. The summed E-state index contributed by atoms with van der Waals surface area (Å²) in [6, 6.07) is 5.19. The minimum atomic E-state index is -0.285. The number of rotatable bonds is 4. The van der Waals surface area contributed by atoms with Gasteiger partial charge in [0.15, 0.2) is 0 Å². The summed E-state index contributed by atoms with van der Waals surface area (Å²) in [5, 5.41) is 2.85. The summed E-state index contributed by atoms with van der Waals surface area (Å²) in [5.41, 5.74) is 7.30. The van der Waals surface area contributed by atoms with Crippen molar-refractivity contribution < 1.29 is 4.79 Å². The zero-order valence-electron chi connectivity index (χ0n) is 10.7. The van der Waals surface area contributed by atoms with Gasteiger partial charge in [0.25, 0.3) is 5.91 Å². The van der Waals surface area contributed by atoms with Gasteiger partial charge in [-0.3, -0.25) is 4.79 Å². The van der Waals surface area contributed by atoms with E-state index in [9.17, 15) is 4.79 Å². The molecule has 1 aromatic rings. The molecule has 3 nitrogen and oxygen atoms in total. The van der Waals surface area contributed by atoms with Crippen molar-refractivity contribution in [3.8, 4) is 0 Å². The molecule has 0 saturated heterocycles. The maximum absolute atomic E-state index is 12.1. The van der Waals surface area contributed by atoms with Gasteiger partial charge in [0.05, 0.1) is 11.0 Å². The molecule has 0 aliphatic heterocycles. The third-order valence-electron chi connectivity index (χ3n) is 2.69. The van der Waals surface area contributed by atoms with E-state index < -0.39 is 0 Å². The Hall–Kier alpha value is -0.940. The van der Waals surface area contributed by atoms with Crippen molar-refractivity contribution in [1.82, 2.24) is 5.32 Å². The van der Waals surface area contributed by atoms with Crippen LogP contribution in [0.2, 0.25) is 0 Å². The number of amides is 1. The highest BCUT2D eigenvalue weighted by Gasteiger charge is 2.19. The molecule has 0 heterocycles. The van der Waals surface area contributed by atoms with Gasteiger partial charge in [0, 0.05) is 10.0 Å². The number of benzene rings is 1. The van der Waals surface area contributed by atoms with E-state index >= 15 is 0 Å². The van der Waals surface area contributed by atoms with Gasteiger partial charge in [0.1, 0.15) is 0 Å². The smallest absolute Gasteiger partial charge is 0.251 e. The highest BCUT2D eigenvalue weighted by atomic mass is 79.9. The topological polar surface area (TPSA) is 55.1 Å². The molecule has 1 unspecified atom stereocenters. The predicted molar refractivity (Wildman–Crippen MR) is 81.8 cm³/mol. The first kappa shape index (κ1) is 15.1. The second-order valence-corrected chi connectivity index (χ2v) is 5.89. The predicted octanol–water partition coefficient (Wildman–Crippen LogP) is 2.80. The first-order valence-corrected chi connectivity index (χ1v) is 6.89. The SMILES string of the molecule is Cc1ccc(C(=O)NC(C(N)=S)C(C)C)cc1Br. The van der Waals surface area contributed by atoms with Crippen molar-refractivity contribution in [3.63, 3.8) is 0 Å². The van der Waals surface area contributed by atoms with Crippen molar-refractivity contribution >= 4 is 39.0 Å². The summed E-state index contributed by atoms with van der Waals surface area (Å²) in [6.07, 6.45) is 0. The van der Waals surface area contributed by atoms with Crippen LogP contribution in [0.3, 0.4) is 0 Å². The molecule has 5 heteroatoms. The van der Waals surface area contributed by atoms with Gasteiger partial charge in [-0.25, -0.2) is 0 Å². The summed E-state index contributed by atoms with van der Waals surface area (Å²) in [7, 11) is 0. The lowest BCUT2D eigenvalue weighted by Gasteiger charge is -2.21. The van der Waals surface area contributed by atoms with Crippen LogP contribution in [-0.2, 0) is 0 Å². The average molecular weight is 329 g/mol. The molecule has 0 spiro atoms. The third kappa shape index (κ3) is 3.78. The molecule has 0 aliphatic rings. The summed E-state index contributed by atoms with van der Waals surface area (Å²) in [4.78, 5) is 12.4. The van der Waals surface area contributed by atoms with Crippen LogP contribution in [0.5, 0.6) is 0 Å². The number of carbonyl (C=O) groups excluding carboxylic acids is 1. The Morgan fingerprint density at radius 2 is 2.06 bits per heavy atom. The Morgan fingerprint density at radius 1 is 1.44 bits per heavy atom. The second-order valence-electron chi connectivity index (χ2n) is 4.56. The number of aryl methyl sites for hydroxylation is 1. The van der Waals surface area contributed by atoms with Crippen LogP contribution < -0.4 is 11.1 Å². The molecular weight excluding hydrogens is 312 g/mol. The van der Waals surface area contributed by atoms with E-state index in [2.05, 4.69) is 21.2 Å². The van der Waals surface area contributed by atoms with Crippen LogP contribution in [0.15, 0.2) is 22.7 Å². The minimum Gasteiger partial charge on any atom is -0.392 e. The van der Waals surface area contributed by atoms with Gasteiger partial charge >= 0.3 is 0 Å². The molecule has 0 aromatic heterocycles. The van der Waals surface area contributed by atoms with E-state index in [0.29, 0.717) is 10.6 Å². The average Bonchev–Trinajstić information content (AvgIpc) is 2.28. The molecule has 1 amide bonds. The van der Waals surface area contributed by atoms with Gasteiger partial charge in [0.2, 0.25) is 0 Å². The summed E-state index contributed by atoms with van der Waals surface area (Å²) in [5.74, 6) is 0.00235. The fraction of sp³-hybridized carbons (Fsp3) is 0.385. The van der Waals surface area contributed by atoms with E-state index in [1.165, 1.54) is 0 Å². The van der Waals surface area contributed by atoms with E-state index in [-0.39, 0.29) is 17.9 Å². The first-order chi connectivity index (χ1) is 8.32. The van der Waals surface area contributed by atoms with Gasteiger partial charge in [-0.05, 0) is 30.5 Å². The molecule has 0 bridgehead atoms. The fourth-order valence-corrected chi connectivity index (χ4v) is 2.23. The zero-order chi connectivity index (χ0) is 13.9. The molecule has 1 atom stereocenters. The lowest BCUT2D eigenvalue weighted by atomic mass is 10.0. The molecule has 98 valence electrons. The van der Waals surface area contributed by atoms with E-state index in [1.807, 2.05) is 26.8 Å². The first-order valence-electron chi connectivity index (χ1n) is 5.69. The van der Waals surface area contributed by atoms with Crippen LogP contribution in [0.4, 0.5) is 0 Å². The molecular formula is C13H17BrN2OS. The highest BCUT2D eigenvalue weighted by molar-refractivity contribution is 9.10. The number of nitrogens with one attached hydrogen (secondary N) is 1. The van der Waals surface area contributed by atoms with Crippen molar-refractivity contribution in [3.05, 3.63) is 33.8 Å².